The molecule has 1 atom stereocenters. The fourth-order valence-electron chi connectivity index (χ4n) is 2.13. The van der Waals surface area contributed by atoms with Gasteiger partial charge in [0.2, 0.25) is 0 Å². The molecule has 0 fully saturated rings. The summed E-state index contributed by atoms with van der Waals surface area (Å²) in [7, 11) is 3.08. The zero-order chi connectivity index (χ0) is 17.9. The Morgan fingerprint density at radius 1 is 1.21 bits per heavy atom. The summed E-state index contributed by atoms with van der Waals surface area (Å²) in [4.78, 5) is 5.29. The van der Waals surface area contributed by atoms with Crippen molar-refractivity contribution < 1.29 is 17.9 Å². The molecule has 0 rings (SSSR count). The Labute approximate surface area is 160 Å². The van der Waals surface area contributed by atoms with Gasteiger partial charge in [-0.1, -0.05) is 13.8 Å². The fourth-order valence-corrected chi connectivity index (χ4v) is 2.13. The van der Waals surface area contributed by atoms with Crippen molar-refractivity contribution in [1.82, 2.24) is 15.5 Å². The molecular formula is C15H32F3IN4O. The van der Waals surface area contributed by atoms with Gasteiger partial charge in [0.1, 0.15) is 0 Å². The van der Waals surface area contributed by atoms with Gasteiger partial charge in [0.15, 0.2) is 5.96 Å². The maximum Gasteiger partial charge on any atom is 0.401 e. The van der Waals surface area contributed by atoms with Crippen molar-refractivity contribution >= 4 is 29.9 Å². The van der Waals surface area contributed by atoms with Crippen LogP contribution >= 0.6 is 24.0 Å². The number of ether oxygens (including phenoxy) is 1. The molecule has 0 aromatic carbocycles. The molecule has 0 amide bonds. The number of alkyl halides is 3. The number of nitrogens with zero attached hydrogens (tertiary/aromatic N) is 2. The van der Waals surface area contributed by atoms with Crippen molar-refractivity contribution in [1.29, 1.82) is 0 Å². The quantitative estimate of drug-likeness (QED) is 0.294. The van der Waals surface area contributed by atoms with Crippen LogP contribution in [-0.4, -0.2) is 70.0 Å². The van der Waals surface area contributed by atoms with E-state index in [1.807, 2.05) is 6.92 Å². The van der Waals surface area contributed by atoms with E-state index in [1.165, 1.54) is 11.9 Å². The van der Waals surface area contributed by atoms with E-state index in [-0.39, 0.29) is 36.6 Å². The third-order valence-corrected chi connectivity index (χ3v) is 3.30. The van der Waals surface area contributed by atoms with Gasteiger partial charge in [-0.25, -0.2) is 0 Å². The molecule has 0 aliphatic carbocycles. The minimum Gasteiger partial charge on any atom is -0.378 e. The first-order valence-corrected chi connectivity index (χ1v) is 8.01. The van der Waals surface area contributed by atoms with Gasteiger partial charge in [-0.15, -0.1) is 24.0 Å². The van der Waals surface area contributed by atoms with Crippen LogP contribution in [0.3, 0.4) is 0 Å². The molecular weight excluding hydrogens is 436 g/mol. The molecule has 9 heteroatoms. The summed E-state index contributed by atoms with van der Waals surface area (Å²) >= 11 is 0. The molecule has 2 N–H and O–H groups in total. The number of likely N-dealkylation sites (N-methyl/N-ethyl adjacent to an activating group) is 1. The lowest BCUT2D eigenvalue weighted by atomic mass is 10.0. The van der Waals surface area contributed by atoms with Crippen LogP contribution in [-0.2, 0) is 4.74 Å². The van der Waals surface area contributed by atoms with Crippen LogP contribution in [0, 0.1) is 5.92 Å². The zero-order valence-corrected chi connectivity index (χ0v) is 17.6. The monoisotopic (exact) mass is 468 g/mol. The molecule has 1 unspecified atom stereocenters. The van der Waals surface area contributed by atoms with Gasteiger partial charge >= 0.3 is 6.18 Å². The Morgan fingerprint density at radius 3 is 2.25 bits per heavy atom. The van der Waals surface area contributed by atoms with Gasteiger partial charge in [0.05, 0.1) is 12.6 Å². The Morgan fingerprint density at radius 2 is 1.79 bits per heavy atom. The molecule has 0 heterocycles. The average Bonchev–Trinajstić information content (AvgIpc) is 2.42. The molecule has 0 saturated heterocycles. The Balaban J connectivity index is 0. The second kappa shape index (κ2) is 13.9. The lowest BCUT2D eigenvalue weighted by Crippen LogP contribution is -2.43. The largest absolute Gasteiger partial charge is 0.401 e. The number of aliphatic imine (C=N–C) groups is 1. The second-order valence-electron chi connectivity index (χ2n) is 5.81. The van der Waals surface area contributed by atoms with Gasteiger partial charge in [-0.2, -0.15) is 13.2 Å². The van der Waals surface area contributed by atoms with E-state index in [9.17, 15) is 13.2 Å². The van der Waals surface area contributed by atoms with Gasteiger partial charge in [-0.05, 0) is 26.3 Å². The topological polar surface area (TPSA) is 48.9 Å². The maximum absolute atomic E-state index is 12.2. The van der Waals surface area contributed by atoms with E-state index in [4.69, 9.17) is 4.74 Å². The predicted octanol–water partition coefficient (Wildman–Crippen LogP) is 2.71. The van der Waals surface area contributed by atoms with Crippen LogP contribution in [0.1, 0.15) is 27.2 Å². The van der Waals surface area contributed by atoms with Crippen LogP contribution in [0.25, 0.3) is 0 Å². The summed E-state index contributed by atoms with van der Waals surface area (Å²) in [6.45, 7) is 7.35. The Kier molecular flexibility index (Phi) is 15.1. The molecule has 0 aliphatic heterocycles. The summed E-state index contributed by atoms with van der Waals surface area (Å²) in [6.07, 6.45) is -3.14. The standard InChI is InChI=1S/C15H31F3N4O.HI/c1-6-23-13(12(2)3)7-8-20-14(19-4)21-9-10-22(5)11-15(16,17)18;/h12-13H,6-11H2,1-5H3,(H2,19,20,21);1H. The van der Waals surface area contributed by atoms with E-state index in [0.29, 0.717) is 31.6 Å². The van der Waals surface area contributed by atoms with Crippen LogP contribution < -0.4 is 10.6 Å². The van der Waals surface area contributed by atoms with Gasteiger partial charge in [0.25, 0.3) is 0 Å². The number of halogens is 4. The lowest BCUT2D eigenvalue weighted by molar-refractivity contribution is -0.142. The summed E-state index contributed by atoms with van der Waals surface area (Å²) in [5, 5.41) is 6.16. The first-order chi connectivity index (χ1) is 10.7. The van der Waals surface area contributed by atoms with E-state index >= 15 is 0 Å². The van der Waals surface area contributed by atoms with Crippen LogP contribution in [0.5, 0.6) is 0 Å². The first kappa shape index (κ1) is 25.9. The SMILES string of the molecule is CCOC(CCNC(=NC)NCCN(C)CC(F)(F)F)C(C)C.I. The second-order valence-corrected chi connectivity index (χ2v) is 5.81. The molecule has 0 radical (unpaired) electrons. The van der Waals surface area contributed by atoms with Crippen molar-refractivity contribution in [3.63, 3.8) is 0 Å². The highest BCUT2D eigenvalue weighted by Gasteiger charge is 2.28. The minimum absolute atomic E-state index is 0. The van der Waals surface area contributed by atoms with E-state index < -0.39 is 12.7 Å². The molecule has 0 aliphatic rings. The summed E-state index contributed by atoms with van der Waals surface area (Å²) < 4.78 is 42.3. The number of guanidine groups is 1. The smallest absolute Gasteiger partial charge is 0.378 e. The van der Waals surface area contributed by atoms with Crippen molar-refractivity contribution in [3.8, 4) is 0 Å². The van der Waals surface area contributed by atoms with Crippen LogP contribution in [0.4, 0.5) is 13.2 Å². The van der Waals surface area contributed by atoms with E-state index in [1.54, 1.807) is 7.05 Å². The third-order valence-electron chi connectivity index (χ3n) is 3.30. The zero-order valence-electron chi connectivity index (χ0n) is 15.2. The van der Waals surface area contributed by atoms with Crippen molar-refractivity contribution in [2.45, 2.75) is 39.5 Å². The summed E-state index contributed by atoms with van der Waals surface area (Å²) in [5.74, 6) is 1.02. The number of rotatable bonds is 10. The van der Waals surface area contributed by atoms with Crippen molar-refractivity contribution in [3.05, 3.63) is 0 Å². The first-order valence-electron chi connectivity index (χ1n) is 8.01. The number of hydrogen-bond acceptors (Lipinski definition) is 3. The van der Waals surface area contributed by atoms with E-state index in [2.05, 4.69) is 29.5 Å². The van der Waals surface area contributed by atoms with Crippen molar-refractivity contribution in [2.75, 3.05) is 46.9 Å². The fraction of sp³-hybridized carbons (Fsp3) is 0.933. The number of hydrogen-bond donors (Lipinski definition) is 2. The molecule has 0 aromatic heterocycles. The molecule has 24 heavy (non-hydrogen) atoms. The minimum atomic E-state index is -4.17. The highest BCUT2D eigenvalue weighted by Crippen LogP contribution is 2.15. The van der Waals surface area contributed by atoms with Gasteiger partial charge < -0.3 is 15.4 Å². The third kappa shape index (κ3) is 14.1. The number of nitrogens with one attached hydrogen (secondary N) is 2. The highest BCUT2D eigenvalue weighted by molar-refractivity contribution is 14.0. The van der Waals surface area contributed by atoms with Gasteiger partial charge in [-0.3, -0.25) is 9.89 Å². The van der Waals surface area contributed by atoms with E-state index in [0.717, 1.165) is 6.42 Å². The van der Waals surface area contributed by atoms with Crippen LogP contribution in [0.2, 0.25) is 0 Å². The normalized spacial score (nSPS) is 13.8. The molecule has 0 bridgehead atoms. The van der Waals surface area contributed by atoms with Crippen LogP contribution in [0.15, 0.2) is 4.99 Å². The molecule has 5 nitrogen and oxygen atoms in total. The summed E-state index contributed by atoms with van der Waals surface area (Å²) in [5.41, 5.74) is 0. The van der Waals surface area contributed by atoms with Gasteiger partial charge in [0, 0.05) is 33.3 Å². The highest BCUT2D eigenvalue weighted by atomic mass is 127. The Hall–Kier alpha value is -0.290. The molecule has 0 saturated carbocycles. The molecule has 0 aromatic rings. The molecule has 0 spiro atoms. The average molecular weight is 468 g/mol. The Bertz CT molecular complexity index is 341. The lowest BCUT2D eigenvalue weighted by Gasteiger charge is -2.22. The predicted molar refractivity (Wildman–Crippen MR) is 103 cm³/mol. The summed E-state index contributed by atoms with van der Waals surface area (Å²) in [6, 6.07) is 0. The molecule has 146 valence electrons. The van der Waals surface area contributed by atoms with Crippen molar-refractivity contribution in [2.24, 2.45) is 10.9 Å². The maximum atomic E-state index is 12.2.